The third kappa shape index (κ3) is 4.71. The molecule has 0 saturated carbocycles. The third-order valence-electron chi connectivity index (χ3n) is 3.46. The van der Waals surface area contributed by atoms with Crippen molar-refractivity contribution in [3.8, 4) is 5.88 Å². The number of nitrogens with one attached hydrogen (secondary N) is 1. The number of ether oxygens (including phenoxy) is 2. The Kier molecular flexibility index (Phi) is 5.89. The molecule has 1 aromatic rings. The molecule has 1 aliphatic rings. The molecule has 132 valence electrons. The average Bonchev–Trinajstić information content (AvgIpc) is 2.93. The van der Waals surface area contributed by atoms with E-state index < -0.39 is 5.60 Å². The van der Waals surface area contributed by atoms with E-state index in [9.17, 15) is 9.59 Å². The second-order valence-corrected chi connectivity index (χ2v) is 7.72. The van der Waals surface area contributed by atoms with Gasteiger partial charge in [-0.25, -0.2) is 9.78 Å². The molecule has 1 saturated heterocycles. The monoisotopic (exact) mass is 447 g/mol. The molecule has 2 heterocycles. The molecule has 2 rings (SSSR count). The molecule has 7 nitrogen and oxygen atoms in total. The van der Waals surface area contributed by atoms with E-state index in [1.807, 2.05) is 20.8 Å². The topological polar surface area (TPSA) is 80.8 Å². The largest absolute Gasteiger partial charge is 0.480 e. The first-order chi connectivity index (χ1) is 11.2. The van der Waals surface area contributed by atoms with Gasteiger partial charge < -0.3 is 19.7 Å². The Hall–Kier alpha value is -1.58. The van der Waals surface area contributed by atoms with Crippen molar-refractivity contribution in [1.82, 2.24) is 15.2 Å². The third-order valence-corrected chi connectivity index (χ3v) is 4.36. The molecule has 2 amide bonds. The fourth-order valence-electron chi connectivity index (χ4n) is 2.41. The summed E-state index contributed by atoms with van der Waals surface area (Å²) in [6.07, 6.45) is 1.93. The van der Waals surface area contributed by atoms with Crippen molar-refractivity contribution >= 4 is 34.6 Å². The molecule has 0 spiro atoms. The molecule has 0 aliphatic carbocycles. The van der Waals surface area contributed by atoms with E-state index in [2.05, 4.69) is 32.9 Å². The SMILES string of the molecule is COc1nccc(I)c1C(=O)NC1CCN(C(=O)OC(C)(C)C)C1. The first-order valence-electron chi connectivity index (χ1n) is 7.68. The molecule has 0 bridgehead atoms. The first-order valence-corrected chi connectivity index (χ1v) is 8.76. The van der Waals surface area contributed by atoms with Crippen molar-refractivity contribution in [1.29, 1.82) is 0 Å². The Morgan fingerprint density at radius 2 is 2.12 bits per heavy atom. The summed E-state index contributed by atoms with van der Waals surface area (Å²) in [6.45, 7) is 6.48. The zero-order valence-electron chi connectivity index (χ0n) is 14.3. The van der Waals surface area contributed by atoms with Gasteiger partial charge >= 0.3 is 6.09 Å². The van der Waals surface area contributed by atoms with Crippen LogP contribution in [0, 0.1) is 3.57 Å². The number of rotatable bonds is 3. The van der Waals surface area contributed by atoms with Crippen LogP contribution in [-0.4, -0.2) is 53.7 Å². The number of pyridine rings is 1. The number of methoxy groups -OCH3 is 1. The fourth-order valence-corrected chi connectivity index (χ4v) is 3.05. The van der Waals surface area contributed by atoms with Gasteiger partial charge in [0.25, 0.3) is 5.91 Å². The molecule has 1 aliphatic heterocycles. The van der Waals surface area contributed by atoms with Crippen molar-refractivity contribution < 1.29 is 19.1 Å². The summed E-state index contributed by atoms with van der Waals surface area (Å²) in [6, 6.07) is 1.63. The van der Waals surface area contributed by atoms with Gasteiger partial charge in [0, 0.05) is 28.9 Å². The van der Waals surface area contributed by atoms with Gasteiger partial charge in [0.05, 0.1) is 7.11 Å². The normalized spacial score (nSPS) is 17.5. The van der Waals surface area contributed by atoms with Crippen LogP contribution in [-0.2, 0) is 4.74 Å². The van der Waals surface area contributed by atoms with Crippen LogP contribution in [0.4, 0.5) is 4.79 Å². The number of hydrogen-bond donors (Lipinski definition) is 1. The summed E-state index contributed by atoms with van der Waals surface area (Å²) in [4.78, 5) is 30.3. The lowest BCUT2D eigenvalue weighted by molar-refractivity contribution is 0.0290. The molecule has 1 fully saturated rings. The highest BCUT2D eigenvalue weighted by atomic mass is 127. The number of aromatic nitrogens is 1. The van der Waals surface area contributed by atoms with Gasteiger partial charge in [0.15, 0.2) is 0 Å². The Balaban J connectivity index is 1.99. The van der Waals surface area contributed by atoms with Gasteiger partial charge in [-0.1, -0.05) is 0 Å². The molecule has 1 unspecified atom stereocenters. The number of carbonyl (C=O) groups excluding carboxylic acids is 2. The lowest BCUT2D eigenvalue weighted by Gasteiger charge is -2.24. The van der Waals surface area contributed by atoms with E-state index in [-0.39, 0.29) is 18.0 Å². The molecule has 1 atom stereocenters. The Morgan fingerprint density at radius 1 is 1.42 bits per heavy atom. The predicted molar refractivity (Wildman–Crippen MR) is 97.2 cm³/mol. The highest BCUT2D eigenvalue weighted by molar-refractivity contribution is 14.1. The van der Waals surface area contributed by atoms with Crippen LogP contribution in [0.3, 0.4) is 0 Å². The molecule has 1 aromatic heterocycles. The van der Waals surface area contributed by atoms with Gasteiger partial charge in [-0.2, -0.15) is 0 Å². The van der Waals surface area contributed by atoms with Gasteiger partial charge in [0.2, 0.25) is 5.88 Å². The summed E-state index contributed by atoms with van der Waals surface area (Å²) < 4.78 is 11.3. The minimum atomic E-state index is -0.530. The lowest BCUT2D eigenvalue weighted by atomic mass is 10.2. The zero-order valence-corrected chi connectivity index (χ0v) is 16.4. The van der Waals surface area contributed by atoms with Crippen LogP contribution in [0.25, 0.3) is 0 Å². The summed E-state index contributed by atoms with van der Waals surface area (Å²) in [5, 5.41) is 2.95. The molecular weight excluding hydrogens is 425 g/mol. The van der Waals surface area contributed by atoms with Crippen LogP contribution in [0.1, 0.15) is 37.6 Å². The Morgan fingerprint density at radius 3 is 2.75 bits per heavy atom. The quantitative estimate of drug-likeness (QED) is 0.721. The van der Waals surface area contributed by atoms with E-state index in [1.54, 1.807) is 17.2 Å². The van der Waals surface area contributed by atoms with Gasteiger partial charge in [-0.15, -0.1) is 0 Å². The van der Waals surface area contributed by atoms with Crippen molar-refractivity contribution in [3.05, 3.63) is 21.4 Å². The van der Waals surface area contributed by atoms with E-state index in [1.165, 1.54) is 7.11 Å². The highest BCUT2D eigenvalue weighted by Crippen LogP contribution is 2.22. The second kappa shape index (κ2) is 7.54. The maximum Gasteiger partial charge on any atom is 0.410 e. The summed E-state index contributed by atoms with van der Waals surface area (Å²) >= 11 is 2.08. The predicted octanol–water partition coefficient (Wildman–Crippen LogP) is 2.43. The van der Waals surface area contributed by atoms with Gasteiger partial charge in [0.1, 0.15) is 11.2 Å². The Labute approximate surface area is 155 Å². The number of hydrogen-bond acceptors (Lipinski definition) is 5. The summed E-state index contributed by atoms with van der Waals surface area (Å²) in [5.41, 5.74) is -0.117. The number of amides is 2. The van der Waals surface area contributed by atoms with Crippen molar-refractivity contribution in [2.24, 2.45) is 0 Å². The lowest BCUT2D eigenvalue weighted by Crippen LogP contribution is -2.40. The summed E-state index contributed by atoms with van der Waals surface area (Å²) in [5.74, 6) is 0.0433. The second-order valence-electron chi connectivity index (χ2n) is 6.56. The molecule has 1 N–H and O–H groups in total. The van der Waals surface area contributed by atoms with Crippen molar-refractivity contribution in [3.63, 3.8) is 0 Å². The maximum absolute atomic E-state index is 12.5. The van der Waals surface area contributed by atoms with Crippen molar-refractivity contribution in [2.75, 3.05) is 20.2 Å². The number of halogens is 1. The summed E-state index contributed by atoms with van der Waals surface area (Å²) in [7, 11) is 1.48. The number of likely N-dealkylation sites (tertiary alicyclic amines) is 1. The van der Waals surface area contributed by atoms with Gasteiger partial charge in [-0.05, 0) is 55.8 Å². The van der Waals surface area contributed by atoms with Crippen LogP contribution < -0.4 is 10.1 Å². The van der Waals surface area contributed by atoms with E-state index in [4.69, 9.17) is 9.47 Å². The number of carbonyl (C=O) groups is 2. The maximum atomic E-state index is 12.5. The zero-order chi connectivity index (χ0) is 17.9. The van der Waals surface area contributed by atoms with E-state index in [0.29, 0.717) is 31.0 Å². The molecule has 0 radical (unpaired) electrons. The average molecular weight is 447 g/mol. The van der Waals surface area contributed by atoms with E-state index >= 15 is 0 Å². The van der Waals surface area contributed by atoms with Gasteiger partial charge in [-0.3, -0.25) is 4.79 Å². The van der Waals surface area contributed by atoms with E-state index in [0.717, 1.165) is 3.57 Å². The van der Waals surface area contributed by atoms with Crippen LogP contribution in [0.15, 0.2) is 12.3 Å². The molecule has 0 aromatic carbocycles. The van der Waals surface area contributed by atoms with Crippen molar-refractivity contribution in [2.45, 2.75) is 38.8 Å². The first kappa shape index (κ1) is 18.8. The highest BCUT2D eigenvalue weighted by Gasteiger charge is 2.31. The van der Waals surface area contributed by atoms with Crippen LogP contribution in [0.2, 0.25) is 0 Å². The molecule has 24 heavy (non-hydrogen) atoms. The number of nitrogens with zero attached hydrogens (tertiary/aromatic N) is 2. The van der Waals surface area contributed by atoms with Crippen LogP contribution in [0.5, 0.6) is 5.88 Å². The minimum Gasteiger partial charge on any atom is -0.480 e. The Bertz CT molecular complexity index is 630. The molecular formula is C16H22IN3O4. The minimum absolute atomic E-state index is 0.120. The fraction of sp³-hybridized carbons (Fsp3) is 0.562. The van der Waals surface area contributed by atoms with Crippen LogP contribution >= 0.6 is 22.6 Å². The smallest absolute Gasteiger partial charge is 0.410 e. The standard InChI is InChI=1S/C16H22IN3O4/c1-16(2,3)24-15(22)20-8-6-10(9-20)19-13(21)12-11(17)5-7-18-14(12)23-4/h5,7,10H,6,8-9H2,1-4H3,(H,19,21). The molecule has 8 heteroatoms.